The van der Waals surface area contributed by atoms with E-state index in [0.717, 1.165) is 56.2 Å². The number of rotatable bonds is 5. The van der Waals surface area contributed by atoms with Gasteiger partial charge in [-0.1, -0.05) is 18.9 Å². The summed E-state index contributed by atoms with van der Waals surface area (Å²) in [7, 11) is 3.53. The van der Waals surface area contributed by atoms with Crippen LogP contribution >= 0.6 is 0 Å². The number of aromatic nitrogens is 4. The highest BCUT2D eigenvalue weighted by atomic mass is 16.2. The van der Waals surface area contributed by atoms with E-state index in [1.165, 1.54) is 0 Å². The highest BCUT2D eigenvalue weighted by Crippen LogP contribution is 2.35. The molecule has 0 radical (unpaired) electrons. The zero-order valence-electron chi connectivity index (χ0n) is 21.3. The Balaban J connectivity index is 1.21. The number of hydrogen-bond acceptors (Lipinski definition) is 7. The Morgan fingerprint density at radius 2 is 1.89 bits per heavy atom. The zero-order valence-corrected chi connectivity index (χ0v) is 21.3. The third-order valence-corrected chi connectivity index (χ3v) is 7.66. The molecule has 10 nitrogen and oxygen atoms in total. The van der Waals surface area contributed by atoms with Crippen LogP contribution in [0.4, 0.5) is 11.8 Å². The maximum Gasteiger partial charge on any atom is 0.270 e. The number of anilines is 2. The van der Waals surface area contributed by atoms with Crippen LogP contribution in [0.15, 0.2) is 42.9 Å². The van der Waals surface area contributed by atoms with Crippen LogP contribution in [0.3, 0.4) is 0 Å². The number of pyridine rings is 1. The molecule has 0 spiro atoms. The SMILES string of the molecule is CN(C)C(=O)c1cc2cnc(Nc3ccc(C(=O)N4CCN5C=CCC5C4)cn3)nc2n1C1CCCC1. The molecule has 3 aromatic rings. The fourth-order valence-electron chi connectivity index (χ4n) is 5.70. The van der Waals surface area contributed by atoms with Gasteiger partial charge in [-0.2, -0.15) is 4.98 Å². The Hall–Kier alpha value is -3.95. The lowest BCUT2D eigenvalue weighted by Gasteiger charge is -2.38. The maximum absolute atomic E-state index is 13.0. The lowest BCUT2D eigenvalue weighted by Crippen LogP contribution is -2.51. The topological polar surface area (TPSA) is 99.5 Å². The van der Waals surface area contributed by atoms with Crippen molar-refractivity contribution in [2.24, 2.45) is 0 Å². The molecule has 3 aromatic heterocycles. The van der Waals surface area contributed by atoms with Gasteiger partial charge >= 0.3 is 0 Å². The molecule has 2 amide bonds. The minimum Gasteiger partial charge on any atom is -0.371 e. The fourth-order valence-corrected chi connectivity index (χ4v) is 5.70. The summed E-state index contributed by atoms with van der Waals surface area (Å²) >= 11 is 0. The first-order chi connectivity index (χ1) is 18.0. The first-order valence-electron chi connectivity index (χ1n) is 13.0. The molecule has 5 heterocycles. The van der Waals surface area contributed by atoms with Gasteiger partial charge in [-0.15, -0.1) is 0 Å². The largest absolute Gasteiger partial charge is 0.371 e. The van der Waals surface area contributed by atoms with E-state index in [1.807, 2.05) is 11.0 Å². The molecule has 1 saturated heterocycles. The monoisotopic (exact) mass is 500 g/mol. The second kappa shape index (κ2) is 9.49. The van der Waals surface area contributed by atoms with Crippen LogP contribution in [0.1, 0.15) is 59.0 Å². The summed E-state index contributed by atoms with van der Waals surface area (Å²) < 4.78 is 2.09. The van der Waals surface area contributed by atoms with Crippen molar-refractivity contribution in [2.45, 2.75) is 44.2 Å². The number of hydrogen-bond donors (Lipinski definition) is 1. The third-order valence-electron chi connectivity index (χ3n) is 7.66. The molecule has 37 heavy (non-hydrogen) atoms. The van der Waals surface area contributed by atoms with Gasteiger partial charge in [-0.3, -0.25) is 9.59 Å². The van der Waals surface area contributed by atoms with Crippen molar-refractivity contribution >= 4 is 34.6 Å². The number of fused-ring (bicyclic) bond motifs is 2. The molecule has 10 heteroatoms. The Morgan fingerprint density at radius 3 is 2.65 bits per heavy atom. The molecule has 0 bridgehead atoms. The summed E-state index contributed by atoms with van der Waals surface area (Å²) in [5.74, 6) is 0.942. The van der Waals surface area contributed by atoms with Crippen LogP contribution in [-0.4, -0.2) is 85.8 Å². The second-order valence-electron chi connectivity index (χ2n) is 10.3. The number of nitrogens with zero attached hydrogens (tertiary/aromatic N) is 7. The van der Waals surface area contributed by atoms with Crippen LogP contribution in [0, 0.1) is 0 Å². The summed E-state index contributed by atoms with van der Waals surface area (Å²) in [4.78, 5) is 45.5. The molecule has 2 aliphatic heterocycles. The van der Waals surface area contributed by atoms with Gasteiger partial charge in [0, 0.05) is 63.6 Å². The second-order valence-corrected chi connectivity index (χ2v) is 10.3. The molecule has 1 aliphatic carbocycles. The van der Waals surface area contributed by atoms with Crippen molar-refractivity contribution < 1.29 is 9.59 Å². The highest BCUT2D eigenvalue weighted by molar-refractivity contribution is 5.98. The predicted molar refractivity (Wildman–Crippen MR) is 141 cm³/mol. The number of piperazine rings is 1. The van der Waals surface area contributed by atoms with Crippen molar-refractivity contribution in [3.05, 3.63) is 54.1 Å². The van der Waals surface area contributed by atoms with Crippen molar-refractivity contribution in [1.82, 2.24) is 34.2 Å². The third kappa shape index (κ3) is 4.41. The fraction of sp³-hybridized carbons (Fsp3) is 0.444. The average molecular weight is 501 g/mol. The smallest absolute Gasteiger partial charge is 0.270 e. The van der Waals surface area contributed by atoms with Gasteiger partial charge in [0.05, 0.1) is 5.56 Å². The summed E-state index contributed by atoms with van der Waals surface area (Å²) in [5, 5.41) is 4.01. The molecule has 1 atom stereocenters. The summed E-state index contributed by atoms with van der Waals surface area (Å²) in [6.45, 7) is 2.31. The van der Waals surface area contributed by atoms with Crippen LogP contribution in [-0.2, 0) is 0 Å². The Labute approximate surface area is 216 Å². The van der Waals surface area contributed by atoms with Gasteiger partial charge in [0.15, 0.2) is 0 Å². The number of carbonyl (C=O) groups is 2. The first kappa shape index (κ1) is 23.4. The maximum atomic E-state index is 13.0. The van der Waals surface area contributed by atoms with Crippen molar-refractivity contribution in [3.8, 4) is 0 Å². The highest BCUT2D eigenvalue weighted by Gasteiger charge is 2.30. The van der Waals surface area contributed by atoms with Crippen LogP contribution in [0.5, 0.6) is 0 Å². The van der Waals surface area contributed by atoms with E-state index in [-0.39, 0.29) is 17.9 Å². The zero-order chi connectivity index (χ0) is 25.5. The number of carbonyl (C=O) groups excluding carboxylic acids is 2. The Bertz CT molecular complexity index is 1360. The molecule has 192 valence electrons. The summed E-state index contributed by atoms with van der Waals surface area (Å²) in [6, 6.07) is 6.11. The van der Waals surface area contributed by atoms with Crippen molar-refractivity contribution in [3.63, 3.8) is 0 Å². The van der Waals surface area contributed by atoms with E-state index in [0.29, 0.717) is 35.6 Å². The van der Waals surface area contributed by atoms with Crippen LogP contribution in [0.25, 0.3) is 11.0 Å². The molecule has 1 N–H and O–H groups in total. The van der Waals surface area contributed by atoms with E-state index in [2.05, 4.69) is 37.0 Å². The van der Waals surface area contributed by atoms with E-state index in [1.54, 1.807) is 43.5 Å². The van der Waals surface area contributed by atoms with Gasteiger partial charge in [0.1, 0.15) is 17.2 Å². The van der Waals surface area contributed by atoms with Crippen LogP contribution in [0.2, 0.25) is 0 Å². The van der Waals surface area contributed by atoms with Gasteiger partial charge < -0.3 is 24.6 Å². The lowest BCUT2D eigenvalue weighted by atomic mass is 10.1. The predicted octanol–water partition coefficient (Wildman–Crippen LogP) is 3.43. The normalized spacial score (nSPS) is 19.5. The van der Waals surface area contributed by atoms with Crippen molar-refractivity contribution in [1.29, 1.82) is 0 Å². The molecule has 1 unspecified atom stereocenters. The van der Waals surface area contributed by atoms with E-state index >= 15 is 0 Å². The summed E-state index contributed by atoms with van der Waals surface area (Å²) in [6.07, 6.45) is 13.0. The number of amides is 2. The standard InChI is InChI=1S/C27H32N8O2/c1-32(2)26(37)22-14-19-16-29-27(31-24(19)35(22)20-6-3-4-7-20)30-23-10-9-18(15-28-23)25(36)34-13-12-33-11-5-8-21(33)17-34/h5,9-11,14-16,20-21H,3-4,6-8,12-13,17H2,1-2H3,(H,28,29,30,31). The number of nitrogens with one attached hydrogen (secondary N) is 1. The molecule has 3 aliphatic rings. The molecule has 2 fully saturated rings. The van der Waals surface area contributed by atoms with E-state index < -0.39 is 0 Å². The van der Waals surface area contributed by atoms with E-state index in [9.17, 15) is 9.59 Å². The van der Waals surface area contributed by atoms with Gasteiger partial charge in [-0.25, -0.2) is 9.97 Å². The quantitative estimate of drug-likeness (QED) is 0.573. The van der Waals surface area contributed by atoms with Gasteiger partial charge in [0.2, 0.25) is 5.95 Å². The van der Waals surface area contributed by atoms with Crippen molar-refractivity contribution in [2.75, 3.05) is 39.0 Å². The van der Waals surface area contributed by atoms with Crippen LogP contribution < -0.4 is 5.32 Å². The molecule has 0 aromatic carbocycles. The summed E-state index contributed by atoms with van der Waals surface area (Å²) in [5.41, 5.74) is 1.97. The molecular formula is C27H32N8O2. The average Bonchev–Trinajstić information content (AvgIpc) is 3.67. The Morgan fingerprint density at radius 1 is 1.05 bits per heavy atom. The Kier molecular flexibility index (Phi) is 6.02. The lowest BCUT2D eigenvalue weighted by molar-refractivity contribution is 0.0607. The first-order valence-corrected chi connectivity index (χ1v) is 13.0. The van der Waals surface area contributed by atoms with Gasteiger partial charge in [0.25, 0.3) is 11.8 Å². The molecule has 1 saturated carbocycles. The van der Waals surface area contributed by atoms with E-state index in [4.69, 9.17) is 4.98 Å². The molecule has 6 rings (SSSR count). The van der Waals surface area contributed by atoms with Gasteiger partial charge in [-0.05, 0) is 43.7 Å². The minimum absolute atomic E-state index is 0.00995. The minimum atomic E-state index is -0.0352. The molecular weight excluding hydrogens is 468 g/mol.